The third kappa shape index (κ3) is 3.62. The molecule has 1 unspecified atom stereocenters. The number of amides is 1. The standard InChI is InChI=1S/C23H17F4NO/c24-17-11-9-16(10-12-17)21-18-6-2-1-5-15(18)13-14-28(21)22(29)19-7-3-4-8-20(19)23(25,26)27/h1-12,21H,13-14H2. The molecule has 4 rings (SSSR count). The average Bonchev–Trinajstić information content (AvgIpc) is 2.72. The molecule has 0 aliphatic carbocycles. The zero-order valence-corrected chi connectivity index (χ0v) is 15.3. The lowest BCUT2D eigenvalue weighted by Gasteiger charge is -2.38. The summed E-state index contributed by atoms with van der Waals surface area (Å²) in [4.78, 5) is 14.7. The number of carbonyl (C=O) groups is 1. The highest BCUT2D eigenvalue weighted by Crippen LogP contribution is 2.38. The van der Waals surface area contributed by atoms with E-state index >= 15 is 0 Å². The molecule has 1 heterocycles. The van der Waals surface area contributed by atoms with E-state index in [0.717, 1.165) is 17.2 Å². The maximum Gasteiger partial charge on any atom is 0.417 e. The van der Waals surface area contributed by atoms with Gasteiger partial charge in [-0.15, -0.1) is 0 Å². The van der Waals surface area contributed by atoms with Crippen molar-refractivity contribution in [3.8, 4) is 0 Å². The third-order valence-electron chi connectivity index (χ3n) is 5.19. The van der Waals surface area contributed by atoms with Crippen molar-refractivity contribution in [1.29, 1.82) is 0 Å². The van der Waals surface area contributed by atoms with Crippen molar-refractivity contribution >= 4 is 5.91 Å². The first-order chi connectivity index (χ1) is 13.9. The van der Waals surface area contributed by atoms with Gasteiger partial charge >= 0.3 is 6.18 Å². The van der Waals surface area contributed by atoms with E-state index in [4.69, 9.17) is 0 Å². The minimum absolute atomic E-state index is 0.268. The molecule has 148 valence electrons. The Morgan fingerprint density at radius 1 is 0.897 bits per heavy atom. The second-order valence-corrected chi connectivity index (χ2v) is 6.94. The Labute approximate surface area is 165 Å². The van der Waals surface area contributed by atoms with Crippen LogP contribution in [0, 0.1) is 5.82 Å². The average molecular weight is 399 g/mol. The van der Waals surface area contributed by atoms with Crippen molar-refractivity contribution in [3.63, 3.8) is 0 Å². The van der Waals surface area contributed by atoms with Gasteiger partial charge in [-0.05, 0) is 47.4 Å². The molecule has 0 saturated carbocycles. The number of carbonyl (C=O) groups excluding carboxylic acids is 1. The van der Waals surface area contributed by atoms with Crippen LogP contribution in [0.4, 0.5) is 17.6 Å². The highest BCUT2D eigenvalue weighted by Gasteiger charge is 2.38. The SMILES string of the molecule is O=C(c1ccccc1C(F)(F)F)N1CCc2ccccc2C1c1ccc(F)cc1. The minimum atomic E-state index is -4.63. The topological polar surface area (TPSA) is 20.3 Å². The highest BCUT2D eigenvalue weighted by molar-refractivity contribution is 5.96. The molecule has 0 spiro atoms. The molecule has 0 N–H and O–H groups in total. The first-order valence-corrected chi connectivity index (χ1v) is 9.17. The highest BCUT2D eigenvalue weighted by atomic mass is 19.4. The van der Waals surface area contributed by atoms with Crippen LogP contribution in [0.5, 0.6) is 0 Å². The summed E-state index contributed by atoms with van der Waals surface area (Å²) >= 11 is 0. The number of fused-ring (bicyclic) bond motifs is 1. The summed E-state index contributed by atoms with van der Waals surface area (Å²) in [6.07, 6.45) is -4.10. The number of benzene rings is 3. The van der Waals surface area contributed by atoms with Gasteiger partial charge in [-0.1, -0.05) is 48.5 Å². The first kappa shape index (κ1) is 19.2. The summed E-state index contributed by atoms with van der Waals surface area (Å²) in [6.45, 7) is 0.268. The lowest BCUT2D eigenvalue weighted by molar-refractivity contribution is -0.138. The van der Waals surface area contributed by atoms with Gasteiger partial charge in [0, 0.05) is 6.54 Å². The van der Waals surface area contributed by atoms with Crippen LogP contribution >= 0.6 is 0 Å². The van der Waals surface area contributed by atoms with Crippen LogP contribution in [0.15, 0.2) is 72.8 Å². The molecule has 3 aromatic carbocycles. The molecular weight excluding hydrogens is 382 g/mol. The van der Waals surface area contributed by atoms with Crippen LogP contribution in [0.2, 0.25) is 0 Å². The van der Waals surface area contributed by atoms with Crippen LogP contribution in [-0.2, 0) is 12.6 Å². The molecule has 0 aromatic heterocycles. The molecule has 0 saturated heterocycles. The Kier molecular flexibility index (Phi) is 4.86. The van der Waals surface area contributed by atoms with Gasteiger partial charge in [0.2, 0.25) is 0 Å². The molecule has 1 aliphatic heterocycles. The van der Waals surface area contributed by atoms with Crippen molar-refractivity contribution in [2.24, 2.45) is 0 Å². The van der Waals surface area contributed by atoms with Crippen LogP contribution < -0.4 is 0 Å². The molecule has 0 radical (unpaired) electrons. The molecule has 1 amide bonds. The predicted octanol–water partition coefficient (Wildman–Crippen LogP) is 5.63. The second-order valence-electron chi connectivity index (χ2n) is 6.94. The summed E-state index contributed by atoms with van der Waals surface area (Å²) in [5.41, 5.74) is 1.17. The first-order valence-electron chi connectivity index (χ1n) is 9.17. The van der Waals surface area contributed by atoms with Crippen LogP contribution in [0.25, 0.3) is 0 Å². The maximum absolute atomic E-state index is 13.5. The van der Waals surface area contributed by atoms with Gasteiger partial charge in [-0.2, -0.15) is 13.2 Å². The molecule has 6 heteroatoms. The number of nitrogens with zero attached hydrogens (tertiary/aromatic N) is 1. The zero-order chi connectivity index (χ0) is 20.6. The zero-order valence-electron chi connectivity index (χ0n) is 15.3. The normalized spacial score (nSPS) is 16.4. The summed E-state index contributed by atoms with van der Waals surface area (Å²) in [7, 11) is 0. The summed E-state index contributed by atoms with van der Waals surface area (Å²) in [6, 6.07) is 17.4. The van der Waals surface area contributed by atoms with E-state index in [-0.39, 0.29) is 12.1 Å². The van der Waals surface area contributed by atoms with E-state index in [1.807, 2.05) is 24.3 Å². The fourth-order valence-electron chi connectivity index (χ4n) is 3.86. The largest absolute Gasteiger partial charge is 0.417 e. The smallest absolute Gasteiger partial charge is 0.327 e. The fraction of sp³-hybridized carbons (Fsp3) is 0.174. The van der Waals surface area contributed by atoms with Gasteiger partial charge < -0.3 is 4.90 Å². The Morgan fingerprint density at radius 3 is 2.28 bits per heavy atom. The summed E-state index contributed by atoms with van der Waals surface area (Å²) in [5.74, 6) is -1.11. The molecule has 0 bridgehead atoms. The van der Waals surface area contributed by atoms with Crippen LogP contribution in [0.3, 0.4) is 0 Å². The molecule has 3 aromatic rings. The fourth-order valence-corrected chi connectivity index (χ4v) is 3.86. The quantitative estimate of drug-likeness (QED) is 0.511. The predicted molar refractivity (Wildman–Crippen MR) is 101 cm³/mol. The number of alkyl halides is 3. The van der Waals surface area contributed by atoms with Crippen molar-refractivity contribution in [2.45, 2.75) is 18.6 Å². The Hall–Kier alpha value is -3.15. The number of halogens is 4. The Bertz CT molecular complexity index is 1040. The lowest BCUT2D eigenvalue weighted by Crippen LogP contribution is -2.41. The monoisotopic (exact) mass is 399 g/mol. The number of hydrogen-bond acceptors (Lipinski definition) is 1. The molecule has 1 aliphatic rings. The van der Waals surface area contributed by atoms with E-state index in [1.54, 1.807) is 12.1 Å². The number of hydrogen-bond donors (Lipinski definition) is 0. The van der Waals surface area contributed by atoms with E-state index in [9.17, 15) is 22.4 Å². The Balaban J connectivity index is 1.82. The molecule has 29 heavy (non-hydrogen) atoms. The lowest BCUT2D eigenvalue weighted by atomic mass is 9.87. The summed E-state index contributed by atoms with van der Waals surface area (Å²) in [5, 5.41) is 0. The van der Waals surface area contributed by atoms with Gasteiger partial charge in [0.25, 0.3) is 5.91 Å². The maximum atomic E-state index is 13.5. The van der Waals surface area contributed by atoms with Crippen molar-refractivity contribution in [3.05, 3.63) is 106 Å². The molecule has 0 fully saturated rings. The van der Waals surface area contributed by atoms with Gasteiger partial charge in [0.1, 0.15) is 5.82 Å². The van der Waals surface area contributed by atoms with Crippen LogP contribution in [0.1, 0.15) is 38.7 Å². The van der Waals surface area contributed by atoms with Gasteiger partial charge in [-0.3, -0.25) is 4.79 Å². The van der Waals surface area contributed by atoms with E-state index < -0.39 is 29.5 Å². The van der Waals surface area contributed by atoms with Gasteiger partial charge in [0.15, 0.2) is 0 Å². The second kappa shape index (κ2) is 7.35. The Morgan fingerprint density at radius 2 is 1.55 bits per heavy atom. The van der Waals surface area contributed by atoms with Gasteiger partial charge in [-0.25, -0.2) is 4.39 Å². The summed E-state index contributed by atoms with van der Waals surface area (Å²) < 4.78 is 53.9. The van der Waals surface area contributed by atoms with Gasteiger partial charge in [0.05, 0.1) is 17.2 Å². The van der Waals surface area contributed by atoms with Crippen LogP contribution in [-0.4, -0.2) is 17.4 Å². The van der Waals surface area contributed by atoms with Crippen molar-refractivity contribution < 1.29 is 22.4 Å². The molecule has 2 nitrogen and oxygen atoms in total. The van der Waals surface area contributed by atoms with E-state index in [2.05, 4.69) is 0 Å². The van der Waals surface area contributed by atoms with E-state index in [1.165, 1.54) is 35.2 Å². The molecule has 1 atom stereocenters. The third-order valence-corrected chi connectivity index (χ3v) is 5.19. The molecular formula is C23H17F4NO. The van der Waals surface area contributed by atoms with E-state index in [0.29, 0.717) is 12.0 Å². The van der Waals surface area contributed by atoms with Crippen molar-refractivity contribution in [2.75, 3.05) is 6.54 Å². The van der Waals surface area contributed by atoms with Crippen molar-refractivity contribution in [1.82, 2.24) is 4.90 Å². The number of rotatable bonds is 2. The minimum Gasteiger partial charge on any atom is -0.327 e.